The number of carboxylic acid groups (broad SMARTS) is 1. The molecule has 3 rings (SSSR count). The molecule has 0 spiro atoms. The Hall–Kier alpha value is -1.80. The van der Waals surface area contributed by atoms with E-state index in [2.05, 4.69) is 11.9 Å². The Morgan fingerprint density at radius 3 is 2.86 bits per heavy atom. The number of carboxylic acids is 1. The highest BCUT2D eigenvalue weighted by atomic mass is 32.2. The van der Waals surface area contributed by atoms with Crippen molar-refractivity contribution in [2.75, 3.05) is 0 Å². The number of aliphatic carboxylic acids is 1. The maximum absolute atomic E-state index is 12.1. The maximum Gasteiger partial charge on any atom is 0.325 e. The van der Waals surface area contributed by atoms with Crippen LogP contribution < -0.4 is 5.32 Å². The van der Waals surface area contributed by atoms with Crippen LogP contribution in [0.2, 0.25) is 0 Å². The van der Waals surface area contributed by atoms with E-state index in [0.717, 1.165) is 16.6 Å². The first-order valence-corrected chi connectivity index (χ1v) is 8.36. The number of nitrogens with one attached hydrogen (secondary N) is 1. The lowest BCUT2D eigenvalue weighted by molar-refractivity contribution is -0.146. The van der Waals surface area contributed by atoms with Crippen LogP contribution in [0.4, 0.5) is 0 Å². The monoisotopic (exact) mass is 338 g/mol. The molecule has 3 heterocycles. The SMILES string of the molecule is C=C1N2C(=O)C(NC(=O)Cc3cccs3)[C@H]2SC1(C)C(=O)O. The lowest BCUT2D eigenvalue weighted by atomic mass is 10.0. The minimum Gasteiger partial charge on any atom is -0.480 e. The summed E-state index contributed by atoms with van der Waals surface area (Å²) < 4.78 is -1.23. The number of β-lactam (4-membered cyclic amide) rings is 1. The van der Waals surface area contributed by atoms with Crippen LogP contribution in [0.1, 0.15) is 11.8 Å². The van der Waals surface area contributed by atoms with Crippen molar-refractivity contribution in [1.29, 1.82) is 0 Å². The van der Waals surface area contributed by atoms with Gasteiger partial charge >= 0.3 is 5.97 Å². The Morgan fingerprint density at radius 1 is 1.55 bits per heavy atom. The van der Waals surface area contributed by atoms with Gasteiger partial charge in [0.2, 0.25) is 5.91 Å². The average Bonchev–Trinajstić information content (AvgIpc) is 3.03. The van der Waals surface area contributed by atoms with Gasteiger partial charge in [0.05, 0.1) is 6.42 Å². The summed E-state index contributed by atoms with van der Waals surface area (Å²) in [7, 11) is 0. The second kappa shape index (κ2) is 5.13. The van der Waals surface area contributed by atoms with Gasteiger partial charge in [0.25, 0.3) is 5.91 Å². The average molecular weight is 338 g/mol. The molecule has 0 saturated carbocycles. The molecule has 2 unspecified atom stereocenters. The molecule has 6 nitrogen and oxygen atoms in total. The fourth-order valence-corrected chi connectivity index (χ4v) is 4.69. The van der Waals surface area contributed by atoms with Crippen LogP contribution in [-0.4, -0.2) is 44.0 Å². The molecule has 2 aliphatic heterocycles. The van der Waals surface area contributed by atoms with Gasteiger partial charge in [-0.2, -0.15) is 0 Å². The summed E-state index contributed by atoms with van der Waals surface area (Å²) >= 11 is 2.61. The predicted octanol–water partition coefficient (Wildman–Crippen LogP) is 1.05. The molecule has 2 N–H and O–H groups in total. The van der Waals surface area contributed by atoms with Crippen LogP contribution in [0.3, 0.4) is 0 Å². The first-order chi connectivity index (χ1) is 10.3. The second-order valence-electron chi connectivity index (χ2n) is 5.30. The highest BCUT2D eigenvalue weighted by Gasteiger charge is 2.62. The molecule has 2 saturated heterocycles. The van der Waals surface area contributed by atoms with E-state index in [1.807, 2.05) is 17.5 Å². The number of carbonyl (C=O) groups is 3. The number of amides is 2. The predicted molar refractivity (Wildman–Crippen MR) is 83.4 cm³/mol. The number of hydrogen-bond donors (Lipinski definition) is 2. The lowest BCUT2D eigenvalue weighted by Crippen LogP contribution is -2.66. The van der Waals surface area contributed by atoms with Crippen molar-refractivity contribution in [2.45, 2.75) is 29.5 Å². The Morgan fingerprint density at radius 2 is 2.27 bits per heavy atom. The molecule has 0 radical (unpaired) electrons. The second-order valence-corrected chi connectivity index (χ2v) is 7.87. The van der Waals surface area contributed by atoms with E-state index in [-0.39, 0.29) is 23.9 Å². The van der Waals surface area contributed by atoms with Gasteiger partial charge in [-0.1, -0.05) is 12.6 Å². The maximum atomic E-state index is 12.1. The zero-order valence-corrected chi connectivity index (χ0v) is 13.4. The van der Waals surface area contributed by atoms with Crippen molar-refractivity contribution in [2.24, 2.45) is 0 Å². The number of fused-ring (bicyclic) bond motifs is 1. The molecule has 116 valence electrons. The molecule has 0 aliphatic carbocycles. The van der Waals surface area contributed by atoms with Gasteiger partial charge in [-0.15, -0.1) is 23.1 Å². The van der Waals surface area contributed by atoms with Gasteiger partial charge in [0, 0.05) is 10.6 Å². The van der Waals surface area contributed by atoms with E-state index in [1.165, 1.54) is 23.2 Å². The van der Waals surface area contributed by atoms with Crippen molar-refractivity contribution >= 4 is 40.9 Å². The van der Waals surface area contributed by atoms with Crippen molar-refractivity contribution in [3.63, 3.8) is 0 Å². The van der Waals surface area contributed by atoms with Crippen LogP contribution in [0.5, 0.6) is 0 Å². The zero-order valence-electron chi connectivity index (χ0n) is 11.7. The third-order valence-electron chi connectivity index (χ3n) is 3.88. The lowest BCUT2D eigenvalue weighted by Gasteiger charge is -2.41. The molecule has 2 aliphatic rings. The summed E-state index contributed by atoms with van der Waals surface area (Å²) in [5.41, 5.74) is 0.267. The fraction of sp³-hybridized carbons (Fsp3) is 0.357. The minimum atomic E-state index is -1.23. The van der Waals surface area contributed by atoms with E-state index in [4.69, 9.17) is 0 Å². The number of nitrogens with zero attached hydrogens (tertiary/aromatic N) is 1. The van der Waals surface area contributed by atoms with E-state index in [0.29, 0.717) is 0 Å². The van der Waals surface area contributed by atoms with E-state index >= 15 is 0 Å². The molecule has 0 bridgehead atoms. The summed E-state index contributed by atoms with van der Waals surface area (Å²) in [6, 6.07) is 3.03. The number of carbonyl (C=O) groups excluding carboxylic acids is 2. The molecule has 0 aromatic carbocycles. The smallest absolute Gasteiger partial charge is 0.325 e. The minimum absolute atomic E-state index is 0.218. The van der Waals surface area contributed by atoms with Crippen LogP contribution in [0.25, 0.3) is 0 Å². The van der Waals surface area contributed by atoms with Gasteiger partial charge in [0.1, 0.15) is 11.4 Å². The van der Waals surface area contributed by atoms with Crippen molar-refractivity contribution in [1.82, 2.24) is 10.2 Å². The van der Waals surface area contributed by atoms with Crippen molar-refractivity contribution in [3.8, 4) is 0 Å². The Balaban J connectivity index is 1.68. The van der Waals surface area contributed by atoms with Crippen LogP contribution in [-0.2, 0) is 20.8 Å². The molecule has 1 aromatic heterocycles. The van der Waals surface area contributed by atoms with Gasteiger partial charge in [0.15, 0.2) is 4.75 Å². The van der Waals surface area contributed by atoms with Gasteiger partial charge in [-0.05, 0) is 18.4 Å². The largest absolute Gasteiger partial charge is 0.480 e. The molecule has 3 atom stereocenters. The normalized spacial score (nSPS) is 30.0. The number of hydrogen-bond acceptors (Lipinski definition) is 5. The molecule has 22 heavy (non-hydrogen) atoms. The first-order valence-electron chi connectivity index (χ1n) is 6.60. The van der Waals surface area contributed by atoms with E-state index in [1.54, 1.807) is 0 Å². The van der Waals surface area contributed by atoms with Gasteiger partial charge < -0.3 is 10.4 Å². The summed E-state index contributed by atoms with van der Waals surface area (Å²) in [5, 5.41) is 13.5. The zero-order chi connectivity index (χ0) is 16.1. The quantitative estimate of drug-likeness (QED) is 0.801. The molecular formula is C14H14N2O4S2. The molecule has 1 aromatic rings. The highest BCUT2D eigenvalue weighted by Crippen LogP contribution is 2.52. The Bertz CT molecular complexity index is 672. The molecule has 8 heteroatoms. The molecule has 2 fully saturated rings. The first kappa shape index (κ1) is 15.1. The van der Waals surface area contributed by atoms with Gasteiger partial charge in [-0.3, -0.25) is 19.3 Å². The standard InChI is InChI=1S/C14H14N2O4S2/c1-7-14(2,13(19)20)22-12-10(11(18)16(7)12)15-9(17)6-8-4-3-5-21-8/h3-5,10,12H,1,6H2,2H3,(H,15,17)(H,19,20)/t10?,12-,14?/m1/s1. The van der Waals surface area contributed by atoms with E-state index < -0.39 is 22.1 Å². The van der Waals surface area contributed by atoms with Crippen LogP contribution >= 0.6 is 23.1 Å². The van der Waals surface area contributed by atoms with Gasteiger partial charge in [-0.25, -0.2) is 0 Å². The van der Waals surface area contributed by atoms with E-state index in [9.17, 15) is 19.5 Å². The Labute approximate surface area is 135 Å². The Kier molecular flexibility index (Phi) is 3.53. The number of thiophene rings is 1. The molecule has 2 amide bonds. The summed E-state index contributed by atoms with van der Waals surface area (Å²) in [6.07, 6.45) is 0.218. The summed E-state index contributed by atoms with van der Waals surface area (Å²) in [6.45, 7) is 5.25. The third kappa shape index (κ3) is 2.14. The van der Waals surface area contributed by atoms with Crippen molar-refractivity contribution < 1.29 is 19.5 Å². The highest BCUT2D eigenvalue weighted by molar-refractivity contribution is 8.02. The summed E-state index contributed by atoms with van der Waals surface area (Å²) in [5.74, 6) is -1.57. The van der Waals surface area contributed by atoms with Crippen molar-refractivity contribution in [3.05, 3.63) is 34.7 Å². The number of rotatable bonds is 4. The van der Waals surface area contributed by atoms with Crippen LogP contribution in [0.15, 0.2) is 29.8 Å². The van der Waals surface area contributed by atoms with Crippen LogP contribution in [0, 0.1) is 0 Å². The summed E-state index contributed by atoms with van der Waals surface area (Å²) in [4.78, 5) is 37.8. The molecular weight excluding hydrogens is 324 g/mol. The number of thioether (sulfide) groups is 1. The topological polar surface area (TPSA) is 86.7 Å². The third-order valence-corrected chi connectivity index (χ3v) is 6.36. The fourth-order valence-electron chi connectivity index (χ4n) is 2.51.